The summed E-state index contributed by atoms with van der Waals surface area (Å²) in [5, 5.41) is 8.58. The second-order valence-electron chi connectivity index (χ2n) is 3.39. The number of hydrogen-bond acceptors (Lipinski definition) is 2. The molecule has 78 valence electrons. The van der Waals surface area contributed by atoms with Crippen molar-refractivity contribution >= 4 is 5.69 Å². The van der Waals surface area contributed by atoms with Gasteiger partial charge in [-0.05, 0) is 37.1 Å². The quantitative estimate of drug-likeness (QED) is 0.718. The molecule has 0 aliphatic carbocycles. The van der Waals surface area contributed by atoms with Crippen molar-refractivity contribution in [1.29, 1.82) is 0 Å². The van der Waals surface area contributed by atoms with E-state index in [-0.39, 0.29) is 5.56 Å². The number of hydrogen-bond donors (Lipinski definition) is 2. The molecule has 3 N–H and O–H groups in total. The van der Waals surface area contributed by atoms with Crippen molar-refractivity contribution in [3.63, 3.8) is 0 Å². The van der Waals surface area contributed by atoms with Gasteiger partial charge in [-0.15, -0.1) is 0 Å². The third-order valence-electron chi connectivity index (χ3n) is 2.12. The smallest absolute Gasteiger partial charge is 0.296 e. The van der Waals surface area contributed by atoms with E-state index in [4.69, 9.17) is 10.8 Å². The Morgan fingerprint density at radius 3 is 2.07 bits per heavy atom. The highest BCUT2D eigenvalue weighted by molar-refractivity contribution is 5.50. The van der Waals surface area contributed by atoms with E-state index in [1.807, 2.05) is 0 Å². The minimum Gasteiger partial charge on any atom is -0.399 e. The Kier molecular flexibility index (Phi) is 2.76. The van der Waals surface area contributed by atoms with E-state index in [0.717, 1.165) is 0 Å². The summed E-state index contributed by atoms with van der Waals surface area (Å²) in [6.45, 7) is 1.93. The second kappa shape index (κ2) is 3.53. The van der Waals surface area contributed by atoms with Crippen molar-refractivity contribution in [2.24, 2.45) is 0 Å². The zero-order valence-corrected chi connectivity index (χ0v) is 8.14. The summed E-state index contributed by atoms with van der Waals surface area (Å²) < 4.78 is 26.5. The molecular weight excluding hydrogens is 188 g/mol. The summed E-state index contributed by atoms with van der Waals surface area (Å²) in [6, 6.07) is 2.96. The molecule has 0 aliphatic heterocycles. The molecule has 0 aliphatic rings. The summed E-state index contributed by atoms with van der Waals surface area (Å²) >= 11 is 0. The summed E-state index contributed by atoms with van der Waals surface area (Å²) in [5.74, 6) is -3.19. The van der Waals surface area contributed by atoms with E-state index >= 15 is 0 Å². The number of nitrogens with two attached hydrogens (primary N) is 1. The van der Waals surface area contributed by atoms with Crippen LogP contribution in [0.15, 0.2) is 12.1 Å². The van der Waals surface area contributed by atoms with Crippen LogP contribution in [0, 0.1) is 13.8 Å². The number of rotatable bonds is 2. The Hall–Kier alpha value is -1.16. The van der Waals surface area contributed by atoms with Crippen LogP contribution < -0.4 is 5.73 Å². The first-order valence-electron chi connectivity index (χ1n) is 4.24. The van der Waals surface area contributed by atoms with Crippen molar-refractivity contribution in [3.8, 4) is 0 Å². The number of aliphatic hydroxyl groups excluding tert-OH is 1. The van der Waals surface area contributed by atoms with Gasteiger partial charge in [0.15, 0.2) is 0 Å². The lowest BCUT2D eigenvalue weighted by Gasteiger charge is -2.19. The molecule has 0 radical (unpaired) electrons. The summed E-state index contributed by atoms with van der Waals surface area (Å²) in [7, 11) is 0. The molecule has 0 saturated carbocycles. The lowest BCUT2D eigenvalue weighted by atomic mass is 9.97. The van der Waals surface area contributed by atoms with Gasteiger partial charge in [0.1, 0.15) is 6.61 Å². The van der Waals surface area contributed by atoms with E-state index < -0.39 is 12.5 Å². The number of nitrogen functional groups attached to an aromatic ring is 1. The lowest BCUT2D eigenvalue weighted by Crippen LogP contribution is -2.21. The topological polar surface area (TPSA) is 46.2 Å². The number of anilines is 1. The Balaban J connectivity index is 3.35. The molecule has 0 aromatic heterocycles. The zero-order chi connectivity index (χ0) is 10.9. The summed E-state index contributed by atoms with van der Waals surface area (Å²) in [4.78, 5) is 0. The van der Waals surface area contributed by atoms with Crippen LogP contribution in [-0.4, -0.2) is 11.7 Å². The fourth-order valence-corrected chi connectivity index (χ4v) is 1.65. The first-order valence-corrected chi connectivity index (χ1v) is 4.24. The zero-order valence-electron chi connectivity index (χ0n) is 8.14. The van der Waals surface area contributed by atoms with Crippen molar-refractivity contribution in [2.45, 2.75) is 19.8 Å². The third kappa shape index (κ3) is 1.85. The SMILES string of the molecule is Cc1cc(N)cc(C)c1C(F)(F)CO. The van der Waals surface area contributed by atoms with E-state index in [1.54, 1.807) is 13.8 Å². The van der Waals surface area contributed by atoms with Crippen LogP contribution >= 0.6 is 0 Å². The monoisotopic (exact) mass is 201 g/mol. The summed E-state index contributed by atoms with van der Waals surface area (Å²) in [6.07, 6.45) is 0. The predicted molar refractivity (Wildman–Crippen MR) is 51.3 cm³/mol. The van der Waals surface area contributed by atoms with Crippen LogP contribution in [0.4, 0.5) is 14.5 Å². The number of aliphatic hydroxyl groups is 1. The second-order valence-corrected chi connectivity index (χ2v) is 3.39. The van der Waals surface area contributed by atoms with Gasteiger partial charge in [0.05, 0.1) is 0 Å². The molecule has 0 amide bonds. The number of alkyl halides is 2. The standard InChI is InChI=1S/C10H13F2NO/c1-6-3-8(13)4-7(2)9(6)10(11,12)5-14/h3-4,14H,5,13H2,1-2H3. The van der Waals surface area contributed by atoms with Gasteiger partial charge in [0, 0.05) is 11.3 Å². The molecule has 14 heavy (non-hydrogen) atoms. The number of halogens is 2. The molecular formula is C10H13F2NO. The highest BCUT2D eigenvalue weighted by Gasteiger charge is 2.33. The molecule has 4 heteroatoms. The number of benzene rings is 1. The molecule has 1 rings (SSSR count). The molecule has 1 aromatic carbocycles. The van der Waals surface area contributed by atoms with Gasteiger partial charge in [0.25, 0.3) is 5.92 Å². The van der Waals surface area contributed by atoms with Gasteiger partial charge in [-0.25, -0.2) is 0 Å². The highest BCUT2D eigenvalue weighted by atomic mass is 19.3. The average Bonchev–Trinajstić information content (AvgIpc) is 2.01. The fourth-order valence-electron chi connectivity index (χ4n) is 1.65. The first kappa shape index (κ1) is 10.9. The largest absolute Gasteiger partial charge is 0.399 e. The van der Waals surface area contributed by atoms with Crippen LogP contribution in [0.5, 0.6) is 0 Å². The summed E-state index contributed by atoms with van der Waals surface area (Å²) in [5.41, 5.74) is 6.64. The molecule has 1 aromatic rings. The van der Waals surface area contributed by atoms with Gasteiger partial charge in [-0.2, -0.15) is 8.78 Å². The van der Waals surface area contributed by atoms with Crippen molar-refractivity contribution in [3.05, 3.63) is 28.8 Å². The van der Waals surface area contributed by atoms with Crippen LogP contribution in [0.3, 0.4) is 0 Å². The number of aryl methyl sites for hydroxylation is 2. The molecule has 0 atom stereocenters. The molecule has 0 saturated heterocycles. The normalized spacial score (nSPS) is 11.8. The fraction of sp³-hybridized carbons (Fsp3) is 0.400. The Labute approximate surface area is 81.4 Å². The van der Waals surface area contributed by atoms with Crippen LogP contribution in [-0.2, 0) is 5.92 Å². The van der Waals surface area contributed by atoms with E-state index in [1.165, 1.54) is 12.1 Å². The molecule has 0 unspecified atom stereocenters. The first-order chi connectivity index (χ1) is 6.38. The van der Waals surface area contributed by atoms with Gasteiger partial charge in [-0.3, -0.25) is 0 Å². The minimum atomic E-state index is -3.19. The van der Waals surface area contributed by atoms with Gasteiger partial charge >= 0.3 is 0 Å². The van der Waals surface area contributed by atoms with E-state index in [0.29, 0.717) is 16.8 Å². The predicted octanol–water partition coefficient (Wildman–Crippen LogP) is 1.97. The Morgan fingerprint density at radius 2 is 1.71 bits per heavy atom. The van der Waals surface area contributed by atoms with Crippen LogP contribution in [0.1, 0.15) is 16.7 Å². The van der Waals surface area contributed by atoms with Crippen LogP contribution in [0.2, 0.25) is 0 Å². The maximum absolute atomic E-state index is 13.2. The molecule has 0 bridgehead atoms. The average molecular weight is 201 g/mol. The van der Waals surface area contributed by atoms with Gasteiger partial charge in [-0.1, -0.05) is 0 Å². The third-order valence-corrected chi connectivity index (χ3v) is 2.12. The van der Waals surface area contributed by atoms with Crippen LogP contribution in [0.25, 0.3) is 0 Å². The van der Waals surface area contributed by atoms with E-state index in [2.05, 4.69) is 0 Å². The highest BCUT2D eigenvalue weighted by Crippen LogP contribution is 2.33. The molecule has 0 fully saturated rings. The van der Waals surface area contributed by atoms with Crippen molar-refractivity contribution in [2.75, 3.05) is 12.3 Å². The van der Waals surface area contributed by atoms with E-state index in [9.17, 15) is 8.78 Å². The van der Waals surface area contributed by atoms with Crippen molar-refractivity contribution in [1.82, 2.24) is 0 Å². The minimum absolute atomic E-state index is 0.130. The molecule has 0 heterocycles. The van der Waals surface area contributed by atoms with Gasteiger partial charge in [0.2, 0.25) is 0 Å². The maximum Gasteiger partial charge on any atom is 0.296 e. The Morgan fingerprint density at radius 1 is 1.29 bits per heavy atom. The molecule has 2 nitrogen and oxygen atoms in total. The lowest BCUT2D eigenvalue weighted by molar-refractivity contribution is -0.0565. The maximum atomic E-state index is 13.2. The Bertz CT molecular complexity index is 327. The molecule has 0 spiro atoms. The van der Waals surface area contributed by atoms with Gasteiger partial charge < -0.3 is 10.8 Å². The van der Waals surface area contributed by atoms with Crippen molar-refractivity contribution < 1.29 is 13.9 Å².